The highest BCUT2D eigenvalue weighted by Crippen LogP contribution is 2.23. The standard InChI is InChI=1S/C22H23BFN4O3/c1-3-20(29)28-11-5-6-14(13-28)21(30)27-17-10-9-15(12-16(17)24)25-22(31)18-7-4-8-19(23-2)26-18/h3-4,7-10,12,14H,1,5-6,11,13H2,2H3,(H,25,31)(H,27,30)/t14-/m1/s1. The Balaban J connectivity index is 1.63. The average molecular weight is 421 g/mol. The minimum atomic E-state index is -0.676. The van der Waals surface area contributed by atoms with Gasteiger partial charge in [-0.3, -0.25) is 19.4 Å². The Labute approximate surface area is 181 Å². The maximum atomic E-state index is 14.5. The minimum Gasteiger partial charge on any atom is -0.338 e. The second-order valence-corrected chi connectivity index (χ2v) is 7.20. The third-order valence-electron chi connectivity index (χ3n) is 5.06. The Hall–Kier alpha value is -3.49. The molecule has 1 atom stereocenters. The zero-order valence-corrected chi connectivity index (χ0v) is 17.2. The van der Waals surface area contributed by atoms with Gasteiger partial charge in [0.25, 0.3) is 5.91 Å². The van der Waals surface area contributed by atoms with Gasteiger partial charge in [0.1, 0.15) is 11.5 Å². The first-order chi connectivity index (χ1) is 14.9. The van der Waals surface area contributed by atoms with E-state index < -0.39 is 17.6 Å². The monoisotopic (exact) mass is 421 g/mol. The van der Waals surface area contributed by atoms with E-state index in [1.165, 1.54) is 18.2 Å². The minimum absolute atomic E-state index is 0.0101. The molecule has 1 aromatic heterocycles. The molecule has 3 rings (SSSR count). The van der Waals surface area contributed by atoms with E-state index in [1.807, 2.05) is 6.82 Å². The van der Waals surface area contributed by atoms with Gasteiger partial charge in [0.15, 0.2) is 7.28 Å². The van der Waals surface area contributed by atoms with Crippen LogP contribution in [0.4, 0.5) is 15.8 Å². The summed E-state index contributed by atoms with van der Waals surface area (Å²) in [6.45, 7) is 6.13. The SMILES string of the molecule is C=CC(=O)N1CCC[C@@H](C(=O)Nc2ccc(NC(=O)c3cccc([B]C)n3)cc2F)C1. The second-order valence-electron chi connectivity index (χ2n) is 7.20. The van der Waals surface area contributed by atoms with E-state index in [9.17, 15) is 18.8 Å². The van der Waals surface area contributed by atoms with Crippen LogP contribution >= 0.6 is 0 Å². The molecule has 1 saturated heterocycles. The molecule has 2 aromatic rings. The average Bonchev–Trinajstić information content (AvgIpc) is 2.80. The molecule has 0 saturated carbocycles. The molecule has 0 aliphatic carbocycles. The van der Waals surface area contributed by atoms with Crippen LogP contribution in [-0.4, -0.2) is 48.0 Å². The third kappa shape index (κ3) is 5.56. The summed E-state index contributed by atoms with van der Waals surface area (Å²) in [7, 11) is 1.77. The molecular formula is C22H23BFN4O3. The number of benzene rings is 1. The second kappa shape index (κ2) is 10.0. The van der Waals surface area contributed by atoms with Gasteiger partial charge < -0.3 is 15.5 Å². The number of nitrogens with one attached hydrogen (secondary N) is 2. The van der Waals surface area contributed by atoms with E-state index in [-0.39, 0.29) is 35.4 Å². The van der Waals surface area contributed by atoms with Crippen molar-refractivity contribution in [3.8, 4) is 0 Å². The molecule has 0 spiro atoms. The number of aromatic nitrogens is 1. The lowest BCUT2D eigenvalue weighted by Crippen LogP contribution is -2.43. The molecule has 2 heterocycles. The van der Waals surface area contributed by atoms with Gasteiger partial charge in [0.2, 0.25) is 11.8 Å². The summed E-state index contributed by atoms with van der Waals surface area (Å²) in [5, 5.41) is 5.18. The van der Waals surface area contributed by atoms with E-state index in [2.05, 4.69) is 22.2 Å². The lowest BCUT2D eigenvalue weighted by atomic mass is 9.77. The Bertz CT molecular complexity index is 1010. The van der Waals surface area contributed by atoms with Gasteiger partial charge in [-0.15, -0.1) is 0 Å². The van der Waals surface area contributed by atoms with Crippen LogP contribution in [-0.2, 0) is 9.59 Å². The predicted molar refractivity (Wildman–Crippen MR) is 118 cm³/mol. The van der Waals surface area contributed by atoms with Crippen LogP contribution in [0.2, 0.25) is 6.82 Å². The van der Waals surface area contributed by atoms with Crippen LogP contribution in [0.3, 0.4) is 0 Å². The Morgan fingerprint density at radius 3 is 2.77 bits per heavy atom. The number of piperidine rings is 1. The Morgan fingerprint density at radius 1 is 1.26 bits per heavy atom. The molecule has 1 fully saturated rings. The number of carbonyl (C=O) groups is 3. The highest BCUT2D eigenvalue weighted by atomic mass is 19.1. The molecule has 0 unspecified atom stereocenters. The summed E-state index contributed by atoms with van der Waals surface area (Å²) < 4.78 is 14.5. The topological polar surface area (TPSA) is 91.4 Å². The van der Waals surface area contributed by atoms with Crippen LogP contribution < -0.4 is 16.2 Å². The lowest BCUT2D eigenvalue weighted by molar-refractivity contribution is -0.130. The first-order valence-electron chi connectivity index (χ1n) is 10.0. The normalized spacial score (nSPS) is 15.7. The molecule has 2 N–H and O–H groups in total. The lowest BCUT2D eigenvalue weighted by Gasteiger charge is -2.31. The molecule has 3 amide bonds. The van der Waals surface area contributed by atoms with E-state index in [1.54, 1.807) is 30.4 Å². The van der Waals surface area contributed by atoms with Crippen molar-refractivity contribution in [3.05, 3.63) is 60.6 Å². The number of amides is 3. The van der Waals surface area contributed by atoms with E-state index in [0.717, 1.165) is 6.07 Å². The van der Waals surface area contributed by atoms with Crippen molar-refractivity contribution in [2.24, 2.45) is 5.92 Å². The van der Waals surface area contributed by atoms with E-state index in [0.29, 0.717) is 25.0 Å². The van der Waals surface area contributed by atoms with Crippen molar-refractivity contribution in [1.29, 1.82) is 0 Å². The third-order valence-corrected chi connectivity index (χ3v) is 5.06. The summed E-state index contributed by atoms with van der Waals surface area (Å²) in [5.74, 6) is -2.14. The number of halogens is 1. The van der Waals surface area contributed by atoms with Gasteiger partial charge in [0.05, 0.1) is 11.6 Å². The number of hydrogen-bond acceptors (Lipinski definition) is 4. The number of pyridine rings is 1. The number of carbonyl (C=O) groups excluding carboxylic acids is 3. The number of likely N-dealkylation sites (tertiary alicyclic amines) is 1. The van der Waals surface area contributed by atoms with Crippen LogP contribution in [0.1, 0.15) is 23.3 Å². The van der Waals surface area contributed by atoms with Crippen LogP contribution in [0.5, 0.6) is 0 Å². The summed E-state index contributed by atoms with van der Waals surface area (Å²) >= 11 is 0. The van der Waals surface area contributed by atoms with Gasteiger partial charge in [-0.25, -0.2) is 4.39 Å². The molecule has 1 radical (unpaired) electrons. The fourth-order valence-corrected chi connectivity index (χ4v) is 3.38. The Kier molecular flexibility index (Phi) is 7.17. The van der Waals surface area contributed by atoms with Gasteiger partial charge in [-0.2, -0.15) is 0 Å². The van der Waals surface area contributed by atoms with Gasteiger partial charge in [-0.05, 0) is 48.8 Å². The van der Waals surface area contributed by atoms with Crippen molar-refractivity contribution in [2.75, 3.05) is 23.7 Å². The summed E-state index contributed by atoms with van der Waals surface area (Å²) in [5.41, 5.74) is 1.13. The summed E-state index contributed by atoms with van der Waals surface area (Å²) in [6, 6.07) is 9.08. The molecule has 1 aliphatic heterocycles. The number of rotatable bonds is 6. The van der Waals surface area contributed by atoms with Crippen molar-refractivity contribution >= 4 is 42.0 Å². The fourth-order valence-electron chi connectivity index (χ4n) is 3.38. The molecule has 31 heavy (non-hydrogen) atoms. The molecule has 0 bridgehead atoms. The van der Waals surface area contributed by atoms with Crippen molar-refractivity contribution < 1.29 is 18.8 Å². The Morgan fingerprint density at radius 2 is 2.06 bits per heavy atom. The molecule has 1 aliphatic rings. The van der Waals surface area contributed by atoms with Gasteiger partial charge in [0, 0.05) is 18.8 Å². The van der Waals surface area contributed by atoms with E-state index in [4.69, 9.17) is 0 Å². The number of anilines is 2. The van der Waals surface area contributed by atoms with Crippen LogP contribution in [0.15, 0.2) is 49.1 Å². The molecule has 7 nitrogen and oxygen atoms in total. The first kappa shape index (κ1) is 22.2. The molecule has 159 valence electrons. The molecule has 1 aromatic carbocycles. The molecule has 9 heteroatoms. The zero-order chi connectivity index (χ0) is 22.4. The highest BCUT2D eigenvalue weighted by molar-refractivity contribution is 6.50. The maximum Gasteiger partial charge on any atom is 0.274 e. The van der Waals surface area contributed by atoms with E-state index >= 15 is 0 Å². The van der Waals surface area contributed by atoms with Crippen molar-refractivity contribution in [2.45, 2.75) is 19.7 Å². The van der Waals surface area contributed by atoms with Crippen LogP contribution in [0, 0.1) is 11.7 Å². The van der Waals surface area contributed by atoms with Crippen molar-refractivity contribution in [1.82, 2.24) is 9.88 Å². The summed E-state index contributed by atoms with van der Waals surface area (Å²) in [4.78, 5) is 42.5. The quantitative estimate of drug-likeness (QED) is 0.553. The van der Waals surface area contributed by atoms with Gasteiger partial charge >= 0.3 is 0 Å². The van der Waals surface area contributed by atoms with Crippen molar-refractivity contribution in [3.63, 3.8) is 0 Å². The van der Waals surface area contributed by atoms with Gasteiger partial charge in [-0.1, -0.05) is 25.5 Å². The largest absolute Gasteiger partial charge is 0.338 e. The first-order valence-corrected chi connectivity index (χ1v) is 10.0. The predicted octanol–water partition coefficient (Wildman–Crippen LogP) is 2.21. The van der Waals surface area contributed by atoms with Crippen LogP contribution in [0.25, 0.3) is 0 Å². The fraction of sp³-hybridized carbons (Fsp3) is 0.273. The number of nitrogens with zero attached hydrogens (tertiary/aromatic N) is 2. The highest BCUT2D eigenvalue weighted by Gasteiger charge is 2.28. The smallest absolute Gasteiger partial charge is 0.274 e. The maximum absolute atomic E-state index is 14.5. The number of hydrogen-bond donors (Lipinski definition) is 2. The zero-order valence-electron chi connectivity index (χ0n) is 17.2. The molecular weight excluding hydrogens is 398 g/mol. The summed E-state index contributed by atoms with van der Waals surface area (Å²) in [6.07, 6.45) is 2.53.